The first kappa shape index (κ1) is 12.7. The van der Waals surface area contributed by atoms with E-state index in [2.05, 4.69) is 10.2 Å². The summed E-state index contributed by atoms with van der Waals surface area (Å²) in [5.74, 6) is 2.24. The molecule has 2 aliphatic carbocycles. The molecule has 0 unspecified atom stereocenters. The minimum atomic E-state index is 0.394. The fourth-order valence-corrected chi connectivity index (χ4v) is 4.63. The van der Waals surface area contributed by atoms with Gasteiger partial charge in [-0.3, -0.25) is 0 Å². The molecular weight excluding hydrogens is 270 g/mol. The molecule has 0 bridgehead atoms. The van der Waals surface area contributed by atoms with Crippen molar-refractivity contribution in [2.24, 2.45) is 5.73 Å². The van der Waals surface area contributed by atoms with Crippen molar-refractivity contribution < 1.29 is 0 Å². The van der Waals surface area contributed by atoms with Crippen LogP contribution in [-0.4, -0.2) is 25.9 Å². The summed E-state index contributed by atoms with van der Waals surface area (Å²) < 4.78 is 2.02. The van der Waals surface area contributed by atoms with Crippen LogP contribution in [0.15, 0.2) is 0 Å². The summed E-state index contributed by atoms with van der Waals surface area (Å²) in [5.41, 5.74) is 5.99. The van der Waals surface area contributed by atoms with Crippen LogP contribution in [0.25, 0.3) is 4.96 Å². The number of rotatable bonds is 2. The predicted octanol–water partition coefficient (Wildman–Crippen LogP) is 2.83. The van der Waals surface area contributed by atoms with Gasteiger partial charge in [0, 0.05) is 17.9 Å². The average Bonchev–Trinajstić information content (AvgIpc) is 3.15. The maximum Gasteiger partial charge on any atom is 0.234 e. The molecule has 6 heteroatoms. The van der Waals surface area contributed by atoms with E-state index in [0.717, 1.165) is 23.6 Å². The Morgan fingerprint density at radius 2 is 1.70 bits per heavy atom. The van der Waals surface area contributed by atoms with Crippen molar-refractivity contribution in [3.05, 3.63) is 10.8 Å². The fraction of sp³-hybridized carbons (Fsp3) is 0.786. The van der Waals surface area contributed by atoms with Gasteiger partial charge in [-0.15, -0.1) is 10.2 Å². The lowest BCUT2D eigenvalue weighted by Crippen LogP contribution is -2.25. The minimum absolute atomic E-state index is 0.394. The number of nitrogens with two attached hydrogens (primary N) is 1. The Morgan fingerprint density at radius 3 is 2.45 bits per heavy atom. The highest BCUT2D eigenvalue weighted by Gasteiger charge is 2.27. The summed E-state index contributed by atoms with van der Waals surface area (Å²) in [4.78, 5) is 0.969. The molecule has 0 amide bonds. The van der Waals surface area contributed by atoms with Gasteiger partial charge in [-0.2, -0.15) is 9.61 Å². The summed E-state index contributed by atoms with van der Waals surface area (Å²) in [6.07, 6.45) is 9.71. The molecule has 2 saturated carbocycles. The highest BCUT2D eigenvalue weighted by atomic mass is 32.1. The SMILES string of the molecule is NC1CCC(c2nn3c(C4CCCC4)nnc3s2)CC1. The van der Waals surface area contributed by atoms with Crippen LogP contribution in [0.2, 0.25) is 0 Å². The third-order valence-electron chi connectivity index (χ3n) is 4.87. The maximum absolute atomic E-state index is 5.99. The molecule has 5 nitrogen and oxygen atoms in total. The number of hydrogen-bond donors (Lipinski definition) is 1. The first-order chi connectivity index (χ1) is 9.81. The highest BCUT2D eigenvalue weighted by molar-refractivity contribution is 7.16. The summed E-state index contributed by atoms with van der Waals surface area (Å²) in [6.45, 7) is 0. The Morgan fingerprint density at radius 1 is 0.950 bits per heavy atom. The molecule has 2 aromatic rings. The lowest BCUT2D eigenvalue weighted by atomic mass is 9.87. The van der Waals surface area contributed by atoms with Crippen LogP contribution >= 0.6 is 11.3 Å². The van der Waals surface area contributed by atoms with Crippen molar-refractivity contribution >= 4 is 16.3 Å². The number of aromatic nitrogens is 4. The standard InChI is InChI=1S/C14H21N5S/c15-11-7-5-10(6-8-11)13-18-19-12(9-3-1-2-4-9)16-17-14(19)20-13/h9-11H,1-8,15H2. The van der Waals surface area contributed by atoms with Crippen LogP contribution in [0.5, 0.6) is 0 Å². The molecule has 2 aliphatic rings. The van der Waals surface area contributed by atoms with Crippen LogP contribution in [0.3, 0.4) is 0 Å². The van der Waals surface area contributed by atoms with Crippen molar-refractivity contribution in [3.8, 4) is 0 Å². The molecule has 2 heterocycles. The van der Waals surface area contributed by atoms with Gasteiger partial charge in [0.05, 0.1) is 0 Å². The second-order valence-electron chi connectivity index (χ2n) is 6.29. The van der Waals surface area contributed by atoms with Gasteiger partial charge >= 0.3 is 0 Å². The predicted molar refractivity (Wildman–Crippen MR) is 79.1 cm³/mol. The number of nitrogens with zero attached hydrogens (tertiary/aromatic N) is 4. The topological polar surface area (TPSA) is 69.1 Å². The lowest BCUT2D eigenvalue weighted by Gasteiger charge is -2.23. The molecule has 0 aromatic carbocycles. The van der Waals surface area contributed by atoms with Crippen LogP contribution in [0.4, 0.5) is 0 Å². The van der Waals surface area contributed by atoms with Gasteiger partial charge in [0.1, 0.15) is 5.01 Å². The van der Waals surface area contributed by atoms with E-state index in [4.69, 9.17) is 10.8 Å². The van der Waals surface area contributed by atoms with E-state index in [1.54, 1.807) is 11.3 Å². The van der Waals surface area contributed by atoms with Gasteiger partial charge in [0.2, 0.25) is 4.96 Å². The molecule has 2 aromatic heterocycles. The first-order valence-corrected chi connectivity index (χ1v) is 8.60. The highest BCUT2D eigenvalue weighted by Crippen LogP contribution is 2.37. The molecular formula is C14H21N5S. The molecule has 0 spiro atoms. The zero-order valence-corrected chi connectivity index (χ0v) is 12.5. The van der Waals surface area contributed by atoms with E-state index in [0.29, 0.717) is 17.9 Å². The lowest BCUT2D eigenvalue weighted by molar-refractivity contribution is 0.392. The van der Waals surface area contributed by atoms with E-state index < -0.39 is 0 Å². The van der Waals surface area contributed by atoms with Gasteiger partial charge < -0.3 is 5.73 Å². The van der Waals surface area contributed by atoms with Gasteiger partial charge in [-0.1, -0.05) is 24.2 Å². The molecule has 4 rings (SSSR count). The second kappa shape index (κ2) is 5.07. The first-order valence-electron chi connectivity index (χ1n) is 7.79. The van der Waals surface area contributed by atoms with E-state index in [-0.39, 0.29) is 0 Å². The summed E-state index contributed by atoms with van der Waals surface area (Å²) in [5, 5.41) is 14.8. The Hall–Kier alpha value is -1.01. The second-order valence-corrected chi connectivity index (χ2v) is 7.27. The van der Waals surface area contributed by atoms with Crippen molar-refractivity contribution in [2.75, 3.05) is 0 Å². The number of fused-ring (bicyclic) bond motifs is 1. The molecule has 2 fully saturated rings. The number of hydrogen-bond acceptors (Lipinski definition) is 5. The molecule has 2 N–H and O–H groups in total. The average molecular weight is 291 g/mol. The quantitative estimate of drug-likeness (QED) is 0.923. The summed E-state index contributed by atoms with van der Waals surface area (Å²) in [7, 11) is 0. The van der Waals surface area contributed by atoms with Crippen molar-refractivity contribution in [1.29, 1.82) is 0 Å². The molecule has 0 radical (unpaired) electrons. The Bertz CT molecular complexity index is 590. The van der Waals surface area contributed by atoms with E-state index in [9.17, 15) is 0 Å². The fourth-order valence-electron chi connectivity index (χ4n) is 3.62. The summed E-state index contributed by atoms with van der Waals surface area (Å²) >= 11 is 1.72. The minimum Gasteiger partial charge on any atom is -0.328 e. The zero-order valence-electron chi connectivity index (χ0n) is 11.7. The van der Waals surface area contributed by atoms with Crippen molar-refractivity contribution in [3.63, 3.8) is 0 Å². The normalized spacial score (nSPS) is 28.4. The molecule has 20 heavy (non-hydrogen) atoms. The van der Waals surface area contributed by atoms with Crippen LogP contribution < -0.4 is 5.73 Å². The van der Waals surface area contributed by atoms with Crippen molar-refractivity contribution in [2.45, 2.75) is 69.2 Å². The smallest absolute Gasteiger partial charge is 0.234 e. The van der Waals surface area contributed by atoms with E-state index >= 15 is 0 Å². The van der Waals surface area contributed by atoms with Gasteiger partial charge in [-0.25, -0.2) is 0 Å². The molecule has 0 aliphatic heterocycles. The zero-order chi connectivity index (χ0) is 13.5. The van der Waals surface area contributed by atoms with Gasteiger partial charge in [0.25, 0.3) is 0 Å². The van der Waals surface area contributed by atoms with Gasteiger partial charge in [-0.05, 0) is 38.5 Å². The van der Waals surface area contributed by atoms with E-state index in [1.807, 2.05) is 4.52 Å². The Kier molecular flexibility index (Phi) is 3.22. The van der Waals surface area contributed by atoms with Gasteiger partial charge in [0.15, 0.2) is 5.82 Å². The molecule has 108 valence electrons. The van der Waals surface area contributed by atoms with Crippen LogP contribution in [0.1, 0.15) is 74.0 Å². The Labute approximate surface area is 122 Å². The molecule has 0 atom stereocenters. The Balaban J connectivity index is 1.62. The summed E-state index contributed by atoms with van der Waals surface area (Å²) in [6, 6.07) is 0.394. The third-order valence-corrected chi connectivity index (χ3v) is 5.93. The maximum atomic E-state index is 5.99. The van der Waals surface area contributed by atoms with Crippen LogP contribution in [-0.2, 0) is 0 Å². The van der Waals surface area contributed by atoms with Crippen LogP contribution in [0, 0.1) is 0 Å². The third kappa shape index (κ3) is 2.15. The van der Waals surface area contributed by atoms with E-state index in [1.165, 1.54) is 43.5 Å². The van der Waals surface area contributed by atoms with Crippen molar-refractivity contribution in [1.82, 2.24) is 19.8 Å². The molecule has 0 saturated heterocycles. The monoisotopic (exact) mass is 291 g/mol. The largest absolute Gasteiger partial charge is 0.328 e.